The van der Waals surface area contributed by atoms with Crippen LogP contribution in [-0.4, -0.2) is 44.3 Å². The average Bonchev–Trinajstić information content (AvgIpc) is 3.20. The number of nitrogens with zero attached hydrogens (tertiary/aromatic N) is 1. The fourth-order valence-corrected chi connectivity index (χ4v) is 3.27. The first-order chi connectivity index (χ1) is 13.1. The molecule has 144 valence electrons. The van der Waals surface area contributed by atoms with Crippen LogP contribution in [0, 0.1) is 0 Å². The third-order valence-electron chi connectivity index (χ3n) is 4.56. The zero-order valence-electron chi connectivity index (χ0n) is 15.6. The number of hydrogen-bond acceptors (Lipinski definition) is 4. The van der Waals surface area contributed by atoms with Gasteiger partial charge in [-0.1, -0.05) is 11.6 Å². The van der Waals surface area contributed by atoms with Crippen molar-refractivity contribution in [2.75, 3.05) is 27.4 Å². The molecule has 1 heterocycles. The Hall–Kier alpha value is -2.24. The van der Waals surface area contributed by atoms with Gasteiger partial charge in [0.25, 0.3) is 5.91 Å². The molecule has 2 aromatic rings. The van der Waals surface area contributed by atoms with Crippen LogP contribution in [-0.2, 0) is 11.3 Å². The third kappa shape index (κ3) is 5.15. The van der Waals surface area contributed by atoms with Crippen molar-refractivity contribution in [2.45, 2.75) is 25.5 Å². The van der Waals surface area contributed by atoms with Crippen molar-refractivity contribution in [1.82, 2.24) is 4.90 Å². The summed E-state index contributed by atoms with van der Waals surface area (Å²) in [6.45, 7) is 1.76. The van der Waals surface area contributed by atoms with E-state index in [0.29, 0.717) is 29.5 Å². The molecule has 0 aromatic heterocycles. The molecule has 0 aliphatic carbocycles. The number of halogens is 1. The predicted molar refractivity (Wildman–Crippen MR) is 105 cm³/mol. The molecule has 0 radical (unpaired) electrons. The van der Waals surface area contributed by atoms with Gasteiger partial charge in [0.2, 0.25) is 0 Å². The van der Waals surface area contributed by atoms with Gasteiger partial charge >= 0.3 is 0 Å². The van der Waals surface area contributed by atoms with Gasteiger partial charge in [0.05, 0.1) is 13.2 Å². The summed E-state index contributed by atoms with van der Waals surface area (Å²) in [6, 6.07) is 12.6. The second-order valence-corrected chi connectivity index (χ2v) is 7.02. The molecule has 5 nitrogen and oxygen atoms in total. The number of amides is 1. The molecule has 1 fully saturated rings. The van der Waals surface area contributed by atoms with E-state index in [1.807, 2.05) is 18.2 Å². The smallest absolute Gasteiger partial charge is 0.253 e. The second-order valence-electron chi connectivity index (χ2n) is 6.59. The summed E-state index contributed by atoms with van der Waals surface area (Å²) in [5, 5.41) is 0.611. The zero-order chi connectivity index (χ0) is 19.2. The number of methoxy groups -OCH3 is 1. The van der Waals surface area contributed by atoms with Gasteiger partial charge in [-0.2, -0.15) is 0 Å². The molecule has 0 N–H and O–H groups in total. The molecule has 0 spiro atoms. The Morgan fingerprint density at radius 3 is 2.70 bits per heavy atom. The standard InChI is InChI=1S/C21H24ClNO4/c1-23(13-16-12-17(22)7-10-20(16)25-2)21(24)15-5-8-18(9-6-15)27-14-19-4-3-11-26-19/h5-10,12,19H,3-4,11,13-14H2,1-2H3. The van der Waals surface area contributed by atoms with Crippen LogP contribution < -0.4 is 9.47 Å². The van der Waals surface area contributed by atoms with Crippen LogP contribution in [0.1, 0.15) is 28.8 Å². The van der Waals surface area contributed by atoms with Crippen LogP contribution in [0.5, 0.6) is 11.5 Å². The Labute approximate surface area is 164 Å². The first-order valence-electron chi connectivity index (χ1n) is 8.99. The van der Waals surface area contributed by atoms with E-state index in [0.717, 1.165) is 30.8 Å². The third-order valence-corrected chi connectivity index (χ3v) is 4.79. The van der Waals surface area contributed by atoms with Crippen molar-refractivity contribution < 1.29 is 19.0 Å². The number of carbonyl (C=O) groups is 1. The number of benzene rings is 2. The largest absolute Gasteiger partial charge is 0.496 e. The number of carbonyl (C=O) groups excluding carboxylic acids is 1. The summed E-state index contributed by atoms with van der Waals surface area (Å²) in [4.78, 5) is 14.3. The van der Waals surface area contributed by atoms with Crippen LogP contribution in [0.15, 0.2) is 42.5 Å². The summed E-state index contributed by atoms with van der Waals surface area (Å²) >= 11 is 6.07. The van der Waals surface area contributed by atoms with E-state index in [1.54, 1.807) is 43.3 Å². The minimum Gasteiger partial charge on any atom is -0.496 e. The molecular formula is C21H24ClNO4. The Balaban J connectivity index is 1.60. The maximum Gasteiger partial charge on any atom is 0.253 e. The molecule has 1 aliphatic heterocycles. The highest BCUT2D eigenvalue weighted by molar-refractivity contribution is 6.30. The van der Waals surface area contributed by atoms with E-state index in [1.165, 1.54) is 0 Å². The first-order valence-corrected chi connectivity index (χ1v) is 9.37. The van der Waals surface area contributed by atoms with Gasteiger partial charge in [-0.25, -0.2) is 0 Å². The Bertz CT molecular complexity index is 772. The lowest BCUT2D eigenvalue weighted by atomic mass is 10.1. The van der Waals surface area contributed by atoms with Gasteiger partial charge in [-0.05, 0) is 55.3 Å². The van der Waals surface area contributed by atoms with Gasteiger partial charge in [0, 0.05) is 36.3 Å². The van der Waals surface area contributed by atoms with E-state index < -0.39 is 0 Å². The molecule has 1 atom stereocenters. The number of hydrogen-bond donors (Lipinski definition) is 0. The van der Waals surface area contributed by atoms with Crippen molar-refractivity contribution in [3.8, 4) is 11.5 Å². The Morgan fingerprint density at radius 1 is 1.26 bits per heavy atom. The van der Waals surface area contributed by atoms with Crippen LogP contribution in [0.3, 0.4) is 0 Å². The lowest BCUT2D eigenvalue weighted by Crippen LogP contribution is -2.26. The van der Waals surface area contributed by atoms with Crippen molar-refractivity contribution in [2.24, 2.45) is 0 Å². The highest BCUT2D eigenvalue weighted by Crippen LogP contribution is 2.24. The number of ether oxygens (including phenoxy) is 3. The second kappa shape index (κ2) is 9.11. The SMILES string of the molecule is COc1ccc(Cl)cc1CN(C)C(=O)c1ccc(OCC2CCCO2)cc1. The van der Waals surface area contributed by atoms with Gasteiger partial charge < -0.3 is 19.1 Å². The summed E-state index contributed by atoms with van der Waals surface area (Å²) in [6.07, 6.45) is 2.30. The average molecular weight is 390 g/mol. The summed E-state index contributed by atoms with van der Waals surface area (Å²) in [5.74, 6) is 1.36. The maximum absolute atomic E-state index is 12.7. The van der Waals surface area contributed by atoms with Crippen LogP contribution in [0.4, 0.5) is 0 Å². The van der Waals surface area contributed by atoms with E-state index in [4.69, 9.17) is 25.8 Å². The first kappa shape index (κ1) is 19.5. The lowest BCUT2D eigenvalue weighted by Gasteiger charge is -2.19. The minimum absolute atomic E-state index is 0.0808. The van der Waals surface area contributed by atoms with Crippen molar-refractivity contribution in [1.29, 1.82) is 0 Å². The van der Waals surface area contributed by atoms with Crippen LogP contribution in [0.2, 0.25) is 5.02 Å². The molecule has 1 unspecified atom stereocenters. The quantitative estimate of drug-likeness (QED) is 0.712. The Morgan fingerprint density at radius 2 is 2.04 bits per heavy atom. The molecule has 27 heavy (non-hydrogen) atoms. The molecule has 1 aliphatic rings. The summed E-state index contributed by atoms with van der Waals surface area (Å²) in [7, 11) is 3.36. The summed E-state index contributed by atoms with van der Waals surface area (Å²) < 4.78 is 16.6. The fourth-order valence-electron chi connectivity index (χ4n) is 3.08. The van der Waals surface area contributed by atoms with Crippen LogP contribution in [0.25, 0.3) is 0 Å². The number of rotatable bonds is 7. The van der Waals surface area contributed by atoms with Crippen molar-refractivity contribution in [3.05, 3.63) is 58.6 Å². The molecule has 1 saturated heterocycles. The van der Waals surface area contributed by atoms with Gasteiger partial charge in [-0.3, -0.25) is 4.79 Å². The minimum atomic E-state index is -0.0808. The topological polar surface area (TPSA) is 48.0 Å². The lowest BCUT2D eigenvalue weighted by molar-refractivity contribution is 0.0679. The Kier molecular flexibility index (Phi) is 6.58. The van der Waals surface area contributed by atoms with E-state index in [2.05, 4.69) is 0 Å². The molecule has 0 bridgehead atoms. The highest BCUT2D eigenvalue weighted by atomic mass is 35.5. The molecular weight excluding hydrogens is 366 g/mol. The van der Waals surface area contributed by atoms with Crippen LogP contribution >= 0.6 is 11.6 Å². The normalized spacial score (nSPS) is 16.2. The van der Waals surface area contributed by atoms with Crippen molar-refractivity contribution >= 4 is 17.5 Å². The van der Waals surface area contributed by atoms with Gasteiger partial charge in [-0.15, -0.1) is 0 Å². The predicted octanol–water partition coefficient (Wildman–Crippen LogP) is 4.18. The summed E-state index contributed by atoms with van der Waals surface area (Å²) in [5.41, 5.74) is 1.46. The van der Waals surface area contributed by atoms with E-state index in [9.17, 15) is 4.79 Å². The molecule has 3 rings (SSSR count). The van der Waals surface area contributed by atoms with Gasteiger partial charge in [0.15, 0.2) is 0 Å². The zero-order valence-corrected chi connectivity index (χ0v) is 16.4. The maximum atomic E-state index is 12.7. The molecule has 1 amide bonds. The fraction of sp³-hybridized carbons (Fsp3) is 0.381. The molecule has 0 saturated carbocycles. The molecule has 6 heteroatoms. The molecule has 2 aromatic carbocycles. The highest BCUT2D eigenvalue weighted by Gasteiger charge is 2.17. The van der Waals surface area contributed by atoms with E-state index in [-0.39, 0.29) is 12.0 Å². The van der Waals surface area contributed by atoms with E-state index >= 15 is 0 Å². The van der Waals surface area contributed by atoms with Crippen molar-refractivity contribution in [3.63, 3.8) is 0 Å². The van der Waals surface area contributed by atoms with Gasteiger partial charge in [0.1, 0.15) is 18.1 Å². The monoisotopic (exact) mass is 389 g/mol.